The second-order valence-electron chi connectivity index (χ2n) is 6.45. The Balaban J connectivity index is 1.54. The quantitative estimate of drug-likeness (QED) is 0.899. The van der Waals surface area contributed by atoms with Crippen molar-refractivity contribution < 1.29 is 9.53 Å². The molecule has 0 aromatic carbocycles. The summed E-state index contributed by atoms with van der Waals surface area (Å²) in [6, 6.07) is 1.72. The van der Waals surface area contributed by atoms with Crippen LogP contribution in [0.4, 0.5) is 0 Å². The Labute approximate surface area is 131 Å². The van der Waals surface area contributed by atoms with Crippen LogP contribution in [0.2, 0.25) is 0 Å². The van der Waals surface area contributed by atoms with Crippen LogP contribution < -0.4 is 5.73 Å². The fourth-order valence-electron chi connectivity index (χ4n) is 3.67. The Bertz CT molecular complexity index is 502. The van der Waals surface area contributed by atoms with E-state index in [4.69, 9.17) is 10.5 Å². The monoisotopic (exact) mass is 306 g/mol. The summed E-state index contributed by atoms with van der Waals surface area (Å²) < 4.78 is 7.29. The first-order valence-electron chi connectivity index (χ1n) is 8.27. The lowest BCUT2D eigenvalue weighted by Crippen LogP contribution is -2.51. The normalized spacial score (nSPS) is 22.7. The summed E-state index contributed by atoms with van der Waals surface area (Å²) in [5.41, 5.74) is 7.48. The van der Waals surface area contributed by atoms with Crippen molar-refractivity contribution in [3.05, 3.63) is 18.0 Å². The van der Waals surface area contributed by atoms with Crippen molar-refractivity contribution in [2.24, 2.45) is 18.7 Å². The summed E-state index contributed by atoms with van der Waals surface area (Å²) in [5.74, 6) is 0.891. The fraction of sp³-hybridized carbons (Fsp3) is 0.750. The third kappa shape index (κ3) is 3.17. The average Bonchev–Trinajstić information content (AvgIpc) is 3.00. The van der Waals surface area contributed by atoms with Gasteiger partial charge in [0, 0.05) is 51.2 Å². The molecular formula is C16H26N4O2. The molecule has 1 aromatic heterocycles. The summed E-state index contributed by atoms with van der Waals surface area (Å²) in [7, 11) is 1.98. The first-order chi connectivity index (χ1) is 10.7. The molecule has 6 heteroatoms. The van der Waals surface area contributed by atoms with E-state index in [-0.39, 0.29) is 17.9 Å². The van der Waals surface area contributed by atoms with Crippen molar-refractivity contribution in [1.82, 2.24) is 14.7 Å². The molecule has 1 amide bonds. The van der Waals surface area contributed by atoms with Gasteiger partial charge < -0.3 is 15.4 Å². The number of piperidine rings is 1. The molecule has 6 nitrogen and oxygen atoms in total. The van der Waals surface area contributed by atoms with Crippen LogP contribution in [0.3, 0.4) is 0 Å². The van der Waals surface area contributed by atoms with Crippen LogP contribution in [-0.2, 0) is 16.6 Å². The van der Waals surface area contributed by atoms with E-state index >= 15 is 0 Å². The van der Waals surface area contributed by atoms with E-state index in [1.165, 1.54) is 5.69 Å². The molecule has 2 aliphatic heterocycles. The maximum absolute atomic E-state index is 12.6. The minimum Gasteiger partial charge on any atom is -0.381 e. The largest absolute Gasteiger partial charge is 0.381 e. The van der Waals surface area contributed by atoms with E-state index in [9.17, 15) is 4.79 Å². The van der Waals surface area contributed by atoms with Gasteiger partial charge >= 0.3 is 0 Å². The number of hydrogen-bond donors (Lipinski definition) is 1. The molecule has 0 radical (unpaired) electrons. The summed E-state index contributed by atoms with van der Waals surface area (Å²) in [5, 5.41) is 4.24. The van der Waals surface area contributed by atoms with E-state index in [0.29, 0.717) is 5.92 Å². The molecule has 3 rings (SSSR count). The Morgan fingerprint density at radius 1 is 1.32 bits per heavy atom. The lowest BCUT2D eigenvalue weighted by Gasteiger charge is -2.36. The van der Waals surface area contributed by atoms with Crippen molar-refractivity contribution in [2.75, 3.05) is 26.3 Å². The summed E-state index contributed by atoms with van der Waals surface area (Å²) in [6.45, 7) is 3.06. The lowest BCUT2D eigenvalue weighted by atomic mass is 9.89. The van der Waals surface area contributed by atoms with E-state index in [1.807, 2.05) is 22.8 Å². The van der Waals surface area contributed by atoms with Crippen LogP contribution >= 0.6 is 0 Å². The summed E-state index contributed by atoms with van der Waals surface area (Å²) in [6.07, 6.45) is 5.63. The highest BCUT2D eigenvalue weighted by molar-refractivity contribution is 5.82. The minimum absolute atomic E-state index is 0.121. The predicted octanol–water partition coefficient (Wildman–Crippen LogP) is 0.880. The van der Waals surface area contributed by atoms with Crippen LogP contribution in [0.5, 0.6) is 0 Å². The number of likely N-dealkylation sites (tertiary alicyclic amines) is 1. The average molecular weight is 306 g/mol. The second kappa shape index (κ2) is 6.79. The zero-order valence-electron chi connectivity index (χ0n) is 13.3. The molecular weight excluding hydrogens is 280 g/mol. The van der Waals surface area contributed by atoms with Gasteiger partial charge in [-0.1, -0.05) is 0 Å². The maximum atomic E-state index is 12.6. The number of amides is 1. The molecule has 3 heterocycles. The molecule has 1 unspecified atom stereocenters. The standard InChI is InChI=1S/C16H26N4O2/c1-19-14(2-7-18-19)12-3-8-20(9-4-12)16(21)15(17)13-5-10-22-11-6-13/h2,7,12-13,15H,3-6,8-11,17H2,1H3. The molecule has 122 valence electrons. The number of aromatic nitrogens is 2. The molecule has 0 aliphatic carbocycles. The maximum Gasteiger partial charge on any atom is 0.239 e. The van der Waals surface area contributed by atoms with Gasteiger partial charge in [-0.3, -0.25) is 9.48 Å². The number of aryl methyl sites for hydroxylation is 1. The SMILES string of the molecule is Cn1nccc1C1CCN(C(=O)C(N)C2CCOCC2)CC1. The van der Waals surface area contributed by atoms with E-state index in [0.717, 1.165) is 52.0 Å². The van der Waals surface area contributed by atoms with Crippen LogP contribution in [0, 0.1) is 5.92 Å². The highest BCUT2D eigenvalue weighted by Crippen LogP contribution is 2.28. The zero-order valence-corrected chi connectivity index (χ0v) is 13.3. The number of nitrogens with two attached hydrogens (primary N) is 1. The van der Waals surface area contributed by atoms with Gasteiger partial charge in [-0.15, -0.1) is 0 Å². The number of carbonyl (C=O) groups is 1. The molecule has 2 fully saturated rings. The minimum atomic E-state index is -0.364. The van der Waals surface area contributed by atoms with Gasteiger partial charge in [-0.25, -0.2) is 0 Å². The van der Waals surface area contributed by atoms with Gasteiger partial charge in [0.1, 0.15) is 0 Å². The van der Waals surface area contributed by atoms with Gasteiger partial charge in [-0.2, -0.15) is 5.10 Å². The molecule has 2 N–H and O–H groups in total. The number of ether oxygens (including phenoxy) is 1. The highest BCUT2D eigenvalue weighted by Gasteiger charge is 2.32. The molecule has 2 saturated heterocycles. The molecule has 0 spiro atoms. The van der Waals surface area contributed by atoms with Gasteiger partial charge in [-0.05, 0) is 37.7 Å². The molecule has 2 aliphatic rings. The Morgan fingerprint density at radius 3 is 2.59 bits per heavy atom. The second-order valence-corrected chi connectivity index (χ2v) is 6.45. The predicted molar refractivity (Wildman–Crippen MR) is 83.3 cm³/mol. The van der Waals surface area contributed by atoms with Crippen LogP contribution in [0.15, 0.2) is 12.3 Å². The van der Waals surface area contributed by atoms with E-state index in [2.05, 4.69) is 11.2 Å². The lowest BCUT2D eigenvalue weighted by molar-refractivity contribution is -0.135. The number of rotatable bonds is 3. The summed E-state index contributed by atoms with van der Waals surface area (Å²) >= 11 is 0. The topological polar surface area (TPSA) is 73.4 Å². The van der Waals surface area contributed by atoms with Crippen molar-refractivity contribution >= 4 is 5.91 Å². The van der Waals surface area contributed by atoms with Crippen LogP contribution in [0.25, 0.3) is 0 Å². The first kappa shape index (κ1) is 15.5. The Kier molecular flexibility index (Phi) is 4.78. The van der Waals surface area contributed by atoms with Crippen molar-refractivity contribution in [1.29, 1.82) is 0 Å². The highest BCUT2D eigenvalue weighted by atomic mass is 16.5. The van der Waals surface area contributed by atoms with E-state index in [1.54, 1.807) is 0 Å². The fourth-order valence-corrected chi connectivity index (χ4v) is 3.67. The van der Waals surface area contributed by atoms with Gasteiger partial charge in [0.25, 0.3) is 0 Å². The Morgan fingerprint density at radius 2 is 2.00 bits per heavy atom. The number of nitrogens with zero attached hydrogens (tertiary/aromatic N) is 3. The molecule has 1 aromatic rings. The van der Waals surface area contributed by atoms with Crippen LogP contribution in [-0.4, -0.2) is 52.9 Å². The molecule has 1 atom stereocenters. The smallest absolute Gasteiger partial charge is 0.239 e. The zero-order chi connectivity index (χ0) is 15.5. The van der Waals surface area contributed by atoms with Gasteiger partial charge in [0.05, 0.1) is 6.04 Å². The third-order valence-corrected chi connectivity index (χ3v) is 5.14. The van der Waals surface area contributed by atoms with Gasteiger partial charge in [0.15, 0.2) is 0 Å². The van der Waals surface area contributed by atoms with Gasteiger partial charge in [0.2, 0.25) is 5.91 Å². The van der Waals surface area contributed by atoms with Crippen LogP contribution in [0.1, 0.15) is 37.3 Å². The molecule has 0 saturated carbocycles. The first-order valence-corrected chi connectivity index (χ1v) is 8.27. The third-order valence-electron chi connectivity index (χ3n) is 5.14. The van der Waals surface area contributed by atoms with Crippen molar-refractivity contribution in [3.63, 3.8) is 0 Å². The van der Waals surface area contributed by atoms with Crippen molar-refractivity contribution in [2.45, 2.75) is 37.6 Å². The molecule has 0 bridgehead atoms. The van der Waals surface area contributed by atoms with Crippen molar-refractivity contribution in [3.8, 4) is 0 Å². The number of carbonyl (C=O) groups excluding carboxylic acids is 1. The van der Waals surface area contributed by atoms with E-state index < -0.39 is 0 Å². The Hall–Kier alpha value is -1.40. The number of hydrogen-bond acceptors (Lipinski definition) is 4. The molecule has 22 heavy (non-hydrogen) atoms. The summed E-state index contributed by atoms with van der Waals surface area (Å²) in [4.78, 5) is 14.6.